The minimum atomic E-state index is -0.354. The lowest BCUT2D eigenvalue weighted by Crippen LogP contribution is -2.48. The molecule has 0 radical (unpaired) electrons. The quantitative estimate of drug-likeness (QED) is 0.609. The Hall–Kier alpha value is -2.91. The zero-order valence-electron chi connectivity index (χ0n) is 16.9. The normalized spacial score (nSPS) is 14.6. The average Bonchev–Trinajstić information content (AvgIpc) is 3.25. The number of hydrogen-bond acceptors (Lipinski definition) is 6. The summed E-state index contributed by atoms with van der Waals surface area (Å²) < 4.78 is 30.4. The summed E-state index contributed by atoms with van der Waals surface area (Å²) in [5.41, 5.74) is 1.44. The first-order chi connectivity index (χ1) is 15.1. The van der Waals surface area contributed by atoms with Crippen molar-refractivity contribution >= 4 is 22.6 Å². The summed E-state index contributed by atoms with van der Waals surface area (Å²) in [7, 11) is 0. The van der Waals surface area contributed by atoms with E-state index in [1.807, 2.05) is 0 Å². The Morgan fingerprint density at radius 1 is 0.968 bits per heavy atom. The molecule has 0 atom stereocenters. The molecule has 1 aliphatic heterocycles. The van der Waals surface area contributed by atoms with Crippen LogP contribution in [0.3, 0.4) is 0 Å². The third-order valence-electron chi connectivity index (χ3n) is 5.20. The van der Waals surface area contributed by atoms with E-state index in [1.54, 1.807) is 12.1 Å². The van der Waals surface area contributed by atoms with E-state index >= 15 is 0 Å². The number of carbonyl (C=O) groups excluding carboxylic acids is 1. The Balaban J connectivity index is 1.20. The number of rotatable bonds is 7. The van der Waals surface area contributed by atoms with E-state index in [0.29, 0.717) is 18.5 Å². The Kier molecular flexibility index (Phi) is 6.83. The van der Waals surface area contributed by atoms with Gasteiger partial charge in [0.25, 0.3) is 5.91 Å². The minimum absolute atomic E-state index is 0.193. The molecule has 1 N–H and O–H groups in total. The lowest BCUT2D eigenvalue weighted by atomic mass is 10.1. The molecule has 1 amide bonds. The number of hydrogen-bond donors (Lipinski definition) is 1. The second kappa shape index (κ2) is 9.93. The van der Waals surface area contributed by atoms with E-state index in [0.717, 1.165) is 49.2 Å². The SMILES string of the molecule is O=C(NCCN1CCN(c2nc(Cc3ccc(F)cc3)ns2)CC1)c1ccc(F)cc1. The van der Waals surface area contributed by atoms with Gasteiger partial charge in [-0.15, -0.1) is 0 Å². The summed E-state index contributed by atoms with van der Waals surface area (Å²) >= 11 is 1.39. The van der Waals surface area contributed by atoms with E-state index in [-0.39, 0.29) is 17.5 Å². The van der Waals surface area contributed by atoms with Crippen molar-refractivity contribution in [1.29, 1.82) is 0 Å². The van der Waals surface area contributed by atoms with Gasteiger partial charge in [0.15, 0.2) is 0 Å². The zero-order valence-corrected chi connectivity index (χ0v) is 17.7. The van der Waals surface area contributed by atoms with Gasteiger partial charge in [0, 0.05) is 62.8 Å². The van der Waals surface area contributed by atoms with Gasteiger partial charge in [0.2, 0.25) is 5.13 Å². The molecule has 1 saturated heterocycles. The highest BCUT2D eigenvalue weighted by Gasteiger charge is 2.20. The summed E-state index contributed by atoms with van der Waals surface area (Å²) in [6.45, 7) is 4.73. The lowest BCUT2D eigenvalue weighted by molar-refractivity contribution is 0.0947. The molecule has 0 aliphatic carbocycles. The molecule has 3 aromatic rings. The van der Waals surface area contributed by atoms with Crippen molar-refractivity contribution in [1.82, 2.24) is 19.6 Å². The van der Waals surface area contributed by atoms with E-state index in [1.165, 1.54) is 47.9 Å². The number of piperazine rings is 1. The van der Waals surface area contributed by atoms with E-state index in [9.17, 15) is 13.6 Å². The number of halogens is 2. The first-order valence-corrected chi connectivity index (χ1v) is 10.9. The predicted octanol–water partition coefficient (Wildman–Crippen LogP) is 2.96. The van der Waals surface area contributed by atoms with Crippen LogP contribution < -0.4 is 10.2 Å². The fourth-order valence-corrected chi connectivity index (χ4v) is 4.16. The van der Waals surface area contributed by atoms with Crippen molar-refractivity contribution in [3.05, 3.63) is 77.1 Å². The molecule has 1 aromatic heterocycles. The third kappa shape index (κ3) is 5.83. The minimum Gasteiger partial charge on any atom is -0.351 e. The molecule has 0 unspecified atom stereocenters. The monoisotopic (exact) mass is 443 g/mol. The van der Waals surface area contributed by atoms with E-state index in [4.69, 9.17) is 0 Å². The zero-order chi connectivity index (χ0) is 21.6. The van der Waals surface area contributed by atoms with E-state index < -0.39 is 0 Å². The van der Waals surface area contributed by atoms with Gasteiger partial charge in [0.1, 0.15) is 17.5 Å². The van der Waals surface area contributed by atoms with Crippen LogP contribution in [0.4, 0.5) is 13.9 Å². The van der Waals surface area contributed by atoms with Gasteiger partial charge >= 0.3 is 0 Å². The van der Waals surface area contributed by atoms with Crippen LogP contribution in [0.2, 0.25) is 0 Å². The number of benzene rings is 2. The largest absolute Gasteiger partial charge is 0.351 e. The molecule has 2 aromatic carbocycles. The average molecular weight is 444 g/mol. The van der Waals surface area contributed by atoms with Crippen molar-refractivity contribution in [2.24, 2.45) is 0 Å². The van der Waals surface area contributed by atoms with Crippen LogP contribution >= 0.6 is 11.5 Å². The molecule has 162 valence electrons. The van der Waals surface area contributed by atoms with Gasteiger partial charge in [-0.3, -0.25) is 9.69 Å². The van der Waals surface area contributed by atoms with Crippen LogP contribution in [-0.4, -0.2) is 59.4 Å². The summed E-state index contributed by atoms with van der Waals surface area (Å²) in [4.78, 5) is 21.2. The van der Waals surface area contributed by atoms with Gasteiger partial charge < -0.3 is 10.2 Å². The third-order valence-corrected chi connectivity index (χ3v) is 6.01. The summed E-state index contributed by atoms with van der Waals surface area (Å²) in [6, 6.07) is 11.9. The standard InChI is InChI=1S/C22H23F2N5OS/c23-18-5-1-16(2-6-18)15-20-26-22(31-27-20)29-13-11-28(12-14-29)10-9-25-21(30)17-3-7-19(24)8-4-17/h1-8H,9-15H2,(H,25,30). The van der Waals surface area contributed by atoms with Gasteiger partial charge in [-0.1, -0.05) is 12.1 Å². The molecule has 31 heavy (non-hydrogen) atoms. The maximum atomic E-state index is 13.0. The molecule has 0 saturated carbocycles. The highest BCUT2D eigenvalue weighted by atomic mass is 32.1. The molecule has 2 heterocycles. The Bertz CT molecular complexity index is 1000. The number of carbonyl (C=O) groups is 1. The van der Waals surface area contributed by atoms with Crippen LogP contribution in [0.1, 0.15) is 21.7 Å². The van der Waals surface area contributed by atoms with Crippen LogP contribution in [0.25, 0.3) is 0 Å². The molecule has 6 nitrogen and oxygen atoms in total. The highest BCUT2D eigenvalue weighted by Crippen LogP contribution is 2.20. The molecule has 1 aliphatic rings. The van der Waals surface area contributed by atoms with Crippen LogP contribution in [-0.2, 0) is 6.42 Å². The van der Waals surface area contributed by atoms with Gasteiger partial charge in [-0.05, 0) is 42.0 Å². The maximum absolute atomic E-state index is 13.0. The van der Waals surface area contributed by atoms with Crippen LogP contribution in [0.5, 0.6) is 0 Å². The lowest BCUT2D eigenvalue weighted by Gasteiger charge is -2.34. The highest BCUT2D eigenvalue weighted by molar-refractivity contribution is 7.09. The number of nitrogens with one attached hydrogen (secondary N) is 1. The van der Waals surface area contributed by atoms with Crippen molar-refractivity contribution in [3.8, 4) is 0 Å². The van der Waals surface area contributed by atoms with Gasteiger partial charge in [-0.2, -0.15) is 4.37 Å². The van der Waals surface area contributed by atoms with Crippen molar-refractivity contribution in [3.63, 3.8) is 0 Å². The molecule has 0 bridgehead atoms. The Morgan fingerprint density at radius 2 is 1.61 bits per heavy atom. The van der Waals surface area contributed by atoms with Crippen molar-refractivity contribution < 1.29 is 13.6 Å². The van der Waals surface area contributed by atoms with Crippen molar-refractivity contribution in [2.45, 2.75) is 6.42 Å². The fourth-order valence-electron chi connectivity index (χ4n) is 3.42. The fraction of sp³-hybridized carbons (Fsp3) is 0.318. The second-order valence-corrected chi connectivity index (χ2v) is 8.12. The first-order valence-electron chi connectivity index (χ1n) is 10.1. The predicted molar refractivity (Wildman–Crippen MR) is 117 cm³/mol. The summed E-state index contributed by atoms with van der Waals surface area (Å²) in [5, 5.41) is 3.78. The Labute approximate surface area is 183 Å². The number of nitrogens with zero attached hydrogens (tertiary/aromatic N) is 4. The smallest absolute Gasteiger partial charge is 0.251 e. The molecule has 4 rings (SSSR count). The van der Waals surface area contributed by atoms with Crippen LogP contribution in [0.15, 0.2) is 48.5 Å². The molecule has 0 spiro atoms. The van der Waals surface area contributed by atoms with Crippen molar-refractivity contribution in [2.75, 3.05) is 44.2 Å². The van der Waals surface area contributed by atoms with E-state index in [2.05, 4.69) is 24.5 Å². The van der Waals surface area contributed by atoms with Gasteiger partial charge in [0.05, 0.1) is 0 Å². The second-order valence-electron chi connectivity index (χ2n) is 7.39. The molecule has 9 heteroatoms. The number of amides is 1. The maximum Gasteiger partial charge on any atom is 0.251 e. The number of anilines is 1. The van der Waals surface area contributed by atoms with Gasteiger partial charge in [-0.25, -0.2) is 13.8 Å². The molecular weight excluding hydrogens is 420 g/mol. The topological polar surface area (TPSA) is 61.4 Å². The van der Waals surface area contributed by atoms with Crippen LogP contribution in [0, 0.1) is 11.6 Å². The molecular formula is C22H23F2N5OS. The summed E-state index contributed by atoms with van der Waals surface area (Å²) in [6.07, 6.45) is 0.588. The number of aromatic nitrogens is 2. The first kappa shape index (κ1) is 21.3. The summed E-state index contributed by atoms with van der Waals surface area (Å²) in [5.74, 6) is -0.0466. The Morgan fingerprint density at radius 3 is 2.29 bits per heavy atom. The molecule has 1 fully saturated rings.